The average molecular weight is 394 g/mol. The van der Waals surface area contributed by atoms with Crippen molar-refractivity contribution in [2.45, 2.75) is 39.5 Å². The Kier molecular flexibility index (Phi) is 4.10. The van der Waals surface area contributed by atoms with Gasteiger partial charge in [0.15, 0.2) is 5.82 Å². The van der Waals surface area contributed by atoms with E-state index in [0.29, 0.717) is 5.92 Å². The number of pyridine rings is 1. The fourth-order valence-corrected chi connectivity index (χ4v) is 3.34. The van der Waals surface area contributed by atoms with Gasteiger partial charge in [-0.2, -0.15) is 0 Å². The molecule has 1 N–H and O–H groups in total. The molecule has 0 radical (unpaired) electrons. The predicted molar refractivity (Wildman–Crippen MR) is 93.6 cm³/mol. The highest BCUT2D eigenvalue weighted by Crippen LogP contribution is 2.42. The average Bonchev–Trinajstić information content (AvgIpc) is 3.24. The molecule has 5 heteroatoms. The van der Waals surface area contributed by atoms with Crippen molar-refractivity contribution in [1.82, 2.24) is 15.0 Å². The minimum absolute atomic E-state index is 0.611. The Balaban J connectivity index is 2.12. The molecule has 0 aliphatic heterocycles. The monoisotopic (exact) mass is 394 g/mol. The summed E-state index contributed by atoms with van der Waals surface area (Å²) in [5.74, 6) is 2.37. The number of halogens is 1. The number of anilines is 1. The Morgan fingerprint density at radius 1 is 1.14 bits per heavy atom. The molecule has 0 unspecified atom stereocenters. The van der Waals surface area contributed by atoms with Crippen LogP contribution in [-0.4, -0.2) is 21.5 Å². The Hall–Kier alpha value is -1.24. The van der Waals surface area contributed by atoms with Crippen LogP contribution >= 0.6 is 22.6 Å². The molecule has 1 aliphatic rings. The molecule has 0 aromatic carbocycles. The molecule has 0 spiro atoms. The number of hydrogen-bond donors (Lipinski definition) is 1. The highest BCUT2D eigenvalue weighted by atomic mass is 127. The summed E-state index contributed by atoms with van der Waals surface area (Å²) in [7, 11) is 0. The van der Waals surface area contributed by atoms with Gasteiger partial charge in [0.2, 0.25) is 0 Å². The lowest BCUT2D eigenvalue weighted by Crippen LogP contribution is -2.08. The van der Waals surface area contributed by atoms with Crippen LogP contribution in [0.3, 0.4) is 0 Å². The van der Waals surface area contributed by atoms with Crippen LogP contribution in [0.15, 0.2) is 12.1 Å². The van der Waals surface area contributed by atoms with Gasteiger partial charge in [-0.3, -0.25) is 4.98 Å². The lowest BCUT2D eigenvalue weighted by atomic mass is 10.1. The van der Waals surface area contributed by atoms with Crippen molar-refractivity contribution in [3.8, 4) is 11.4 Å². The van der Waals surface area contributed by atoms with Gasteiger partial charge in [0.05, 0.1) is 9.26 Å². The summed E-state index contributed by atoms with van der Waals surface area (Å²) in [5, 5.41) is 3.36. The van der Waals surface area contributed by atoms with E-state index in [9.17, 15) is 0 Å². The summed E-state index contributed by atoms with van der Waals surface area (Å²) in [6.45, 7) is 6.98. The Morgan fingerprint density at radius 2 is 1.81 bits per heavy atom. The van der Waals surface area contributed by atoms with Gasteiger partial charge in [-0.15, -0.1) is 0 Å². The predicted octanol–water partition coefficient (Wildman–Crippen LogP) is 4.07. The smallest absolute Gasteiger partial charge is 0.161 e. The number of rotatable bonds is 4. The molecule has 0 bridgehead atoms. The van der Waals surface area contributed by atoms with E-state index in [-0.39, 0.29) is 0 Å². The van der Waals surface area contributed by atoms with E-state index in [0.717, 1.165) is 35.1 Å². The van der Waals surface area contributed by atoms with Crippen LogP contribution in [0.25, 0.3) is 11.4 Å². The van der Waals surface area contributed by atoms with Crippen molar-refractivity contribution in [3.63, 3.8) is 0 Å². The summed E-state index contributed by atoms with van der Waals surface area (Å²) in [6.07, 6.45) is 2.48. The van der Waals surface area contributed by atoms with Crippen molar-refractivity contribution in [1.29, 1.82) is 0 Å². The first-order chi connectivity index (χ1) is 10.1. The number of nitrogens with one attached hydrogen (secondary N) is 1. The zero-order valence-electron chi connectivity index (χ0n) is 12.6. The summed E-state index contributed by atoms with van der Waals surface area (Å²) in [5.41, 5.74) is 4.26. The molecule has 2 heterocycles. The van der Waals surface area contributed by atoms with E-state index in [4.69, 9.17) is 9.97 Å². The molecule has 1 aliphatic carbocycles. The molecule has 3 rings (SSSR count). The molecule has 4 nitrogen and oxygen atoms in total. The van der Waals surface area contributed by atoms with E-state index >= 15 is 0 Å². The van der Waals surface area contributed by atoms with Crippen LogP contribution in [0.4, 0.5) is 5.82 Å². The fraction of sp³-hybridized carbons (Fsp3) is 0.438. The van der Waals surface area contributed by atoms with E-state index in [1.165, 1.54) is 22.1 Å². The Labute approximate surface area is 139 Å². The summed E-state index contributed by atoms with van der Waals surface area (Å²) in [6, 6.07) is 4.11. The van der Waals surface area contributed by atoms with Gasteiger partial charge in [-0.05, 0) is 68.3 Å². The van der Waals surface area contributed by atoms with Crippen LogP contribution in [0.2, 0.25) is 0 Å². The standard InChI is InChI=1S/C16H19IN4/c1-4-18-16-13(17)14(11-5-6-11)20-15(21-16)12-7-9(2)19-10(3)8-12/h7-8,11H,4-6H2,1-3H3,(H,18,20,21). The molecule has 0 atom stereocenters. The first-order valence-electron chi connectivity index (χ1n) is 7.35. The lowest BCUT2D eigenvalue weighted by molar-refractivity contribution is 0.970. The number of aryl methyl sites for hydroxylation is 2. The minimum atomic E-state index is 0.611. The second kappa shape index (κ2) is 5.87. The van der Waals surface area contributed by atoms with Crippen molar-refractivity contribution in [2.75, 3.05) is 11.9 Å². The molecule has 21 heavy (non-hydrogen) atoms. The molecule has 1 fully saturated rings. The molecular weight excluding hydrogens is 375 g/mol. The van der Waals surface area contributed by atoms with Gasteiger partial charge in [0, 0.05) is 29.4 Å². The molecule has 0 saturated heterocycles. The van der Waals surface area contributed by atoms with E-state index in [1.54, 1.807) is 0 Å². The van der Waals surface area contributed by atoms with E-state index < -0.39 is 0 Å². The van der Waals surface area contributed by atoms with Crippen molar-refractivity contribution < 1.29 is 0 Å². The molecule has 2 aromatic heterocycles. The van der Waals surface area contributed by atoms with Gasteiger partial charge >= 0.3 is 0 Å². The van der Waals surface area contributed by atoms with Gasteiger partial charge < -0.3 is 5.32 Å². The van der Waals surface area contributed by atoms with Gasteiger partial charge in [-0.25, -0.2) is 9.97 Å². The van der Waals surface area contributed by atoms with Gasteiger partial charge in [-0.1, -0.05) is 0 Å². The molecular formula is C16H19IN4. The molecule has 1 saturated carbocycles. The molecule has 0 amide bonds. The Bertz CT molecular complexity index is 660. The van der Waals surface area contributed by atoms with Crippen LogP contribution in [-0.2, 0) is 0 Å². The maximum Gasteiger partial charge on any atom is 0.161 e. The maximum absolute atomic E-state index is 4.84. The third kappa shape index (κ3) is 3.17. The zero-order valence-corrected chi connectivity index (χ0v) is 14.7. The van der Waals surface area contributed by atoms with Crippen molar-refractivity contribution in [2.24, 2.45) is 0 Å². The number of nitrogens with zero attached hydrogens (tertiary/aromatic N) is 3. The summed E-state index contributed by atoms with van der Waals surface area (Å²) < 4.78 is 1.17. The first kappa shape index (κ1) is 14.7. The highest BCUT2D eigenvalue weighted by Gasteiger charge is 2.29. The fourth-order valence-electron chi connectivity index (χ4n) is 2.47. The second-order valence-electron chi connectivity index (χ2n) is 5.54. The first-order valence-corrected chi connectivity index (χ1v) is 8.43. The van der Waals surface area contributed by atoms with Gasteiger partial charge in [0.1, 0.15) is 5.82 Å². The normalized spacial score (nSPS) is 14.3. The number of hydrogen-bond acceptors (Lipinski definition) is 4. The summed E-state index contributed by atoms with van der Waals surface area (Å²) >= 11 is 2.37. The van der Waals surface area contributed by atoms with Gasteiger partial charge in [0.25, 0.3) is 0 Å². The topological polar surface area (TPSA) is 50.7 Å². The van der Waals surface area contributed by atoms with Crippen LogP contribution in [0, 0.1) is 17.4 Å². The van der Waals surface area contributed by atoms with E-state index in [2.05, 4.69) is 51.9 Å². The van der Waals surface area contributed by atoms with Crippen LogP contribution in [0.5, 0.6) is 0 Å². The van der Waals surface area contributed by atoms with Crippen molar-refractivity contribution in [3.05, 3.63) is 32.8 Å². The highest BCUT2D eigenvalue weighted by molar-refractivity contribution is 14.1. The Morgan fingerprint density at radius 3 is 2.38 bits per heavy atom. The van der Waals surface area contributed by atoms with Crippen LogP contribution < -0.4 is 5.32 Å². The van der Waals surface area contributed by atoms with Crippen LogP contribution in [0.1, 0.15) is 42.8 Å². The number of aromatic nitrogens is 3. The minimum Gasteiger partial charge on any atom is -0.369 e. The molecule has 110 valence electrons. The quantitative estimate of drug-likeness (QED) is 0.795. The third-order valence-electron chi connectivity index (χ3n) is 3.52. The second-order valence-corrected chi connectivity index (χ2v) is 6.62. The molecule has 2 aromatic rings. The maximum atomic E-state index is 4.84. The van der Waals surface area contributed by atoms with Crippen molar-refractivity contribution >= 4 is 28.4 Å². The summed E-state index contributed by atoms with van der Waals surface area (Å²) in [4.78, 5) is 14.0. The zero-order chi connectivity index (χ0) is 15.0. The van der Waals surface area contributed by atoms with E-state index in [1.807, 2.05) is 13.8 Å². The lowest BCUT2D eigenvalue weighted by Gasteiger charge is -2.12. The SMILES string of the molecule is CCNc1nc(-c2cc(C)nc(C)c2)nc(C2CC2)c1I. The third-order valence-corrected chi connectivity index (χ3v) is 4.59. The largest absolute Gasteiger partial charge is 0.369 e.